The summed E-state index contributed by atoms with van der Waals surface area (Å²) in [5.74, 6) is 0. The molecule has 0 amide bonds. The predicted molar refractivity (Wildman–Crippen MR) is 245 cm³/mol. The smallest absolute Gasteiger partial charge is 0.187 e. The molecular weight excluding hydrogens is 903 g/mol. The van der Waals surface area contributed by atoms with Crippen molar-refractivity contribution >= 4 is 0 Å². The lowest BCUT2D eigenvalue weighted by Crippen LogP contribution is -2.64. The Hall–Kier alpha value is -1.00. The lowest BCUT2D eigenvalue weighted by Gasteiger charge is -2.46. The Morgan fingerprint density at radius 1 is 0.397 bits per heavy atom. The van der Waals surface area contributed by atoms with E-state index < -0.39 is 136 Å². The van der Waals surface area contributed by atoms with Crippen molar-refractivity contribution in [2.24, 2.45) is 11.5 Å². The molecule has 4 rings (SSSR count). The lowest BCUT2D eigenvalue weighted by atomic mass is 9.95. The van der Waals surface area contributed by atoms with Gasteiger partial charge in [-0.2, -0.15) is 0 Å². The van der Waals surface area contributed by atoms with Gasteiger partial charge < -0.3 is 127 Å². The third kappa shape index (κ3) is 18.8. The third-order valence-corrected chi connectivity index (χ3v) is 12.5. The first kappa shape index (κ1) is 61.3. The van der Waals surface area contributed by atoms with Gasteiger partial charge in [0.15, 0.2) is 12.6 Å². The third-order valence-electron chi connectivity index (χ3n) is 12.5. The highest BCUT2D eigenvalue weighted by Gasteiger charge is 2.52. The van der Waals surface area contributed by atoms with Gasteiger partial charge in [0, 0.05) is 27.3 Å². The second kappa shape index (κ2) is 33.7. The number of nitrogens with one attached hydrogen (secondary N) is 5. The molecule has 2 unspecified atom stereocenters. The molecule has 0 saturated carbocycles. The molecule has 4 saturated heterocycles. The minimum atomic E-state index is -1.47. The Balaban J connectivity index is 0.000000363. The summed E-state index contributed by atoms with van der Waals surface area (Å²) in [5.41, 5.74) is 10.9. The zero-order valence-electron chi connectivity index (χ0n) is 40.4. The van der Waals surface area contributed by atoms with Crippen LogP contribution in [0.1, 0.15) is 46.0 Å². The summed E-state index contributed by atoms with van der Waals surface area (Å²) in [4.78, 5) is 0. The van der Waals surface area contributed by atoms with Crippen LogP contribution in [0, 0.1) is 0 Å². The summed E-state index contributed by atoms with van der Waals surface area (Å²) in [6.07, 6.45) is -17.2. The van der Waals surface area contributed by atoms with E-state index in [9.17, 15) is 51.1 Å². The van der Waals surface area contributed by atoms with E-state index in [1.807, 2.05) is 0 Å². The van der Waals surface area contributed by atoms with Crippen LogP contribution >= 0.6 is 0 Å². The van der Waals surface area contributed by atoms with E-state index in [4.69, 9.17) is 49.4 Å². The summed E-state index contributed by atoms with van der Waals surface area (Å²) >= 11 is 0. The van der Waals surface area contributed by atoms with Gasteiger partial charge in [-0.1, -0.05) is 0 Å². The number of rotatable bonds is 30. The lowest BCUT2D eigenvalue weighted by molar-refractivity contribution is -0.339. The highest BCUT2D eigenvalue weighted by atomic mass is 16.7. The zero-order chi connectivity index (χ0) is 50.2. The van der Waals surface area contributed by atoms with Gasteiger partial charge in [0.05, 0.1) is 25.4 Å². The van der Waals surface area contributed by atoms with E-state index >= 15 is 0 Å². The van der Waals surface area contributed by atoms with Crippen molar-refractivity contribution in [2.45, 2.75) is 168 Å². The highest BCUT2D eigenvalue weighted by Crippen LogP contribution is 2.31. The van der Waals surface area contributed by atoms with Gasteiger partial charge in [0.1, 0.15) is 97.7 Å². The standard InChI is InChI=1S/C23H48N4O9.C20H41N3O9/c1-14-17(29)18(30)22(16(13-28)34-14)36-23-20(32)19(31)21(33-2)15(35-23)12-27-11-5-10-26-9-4-8-25-7-3-6-24;1-11-14(25)15(26)19(13(10-24)30-11)32-20-17(28)16(27)18(29-2)12(31-20)9-23-8-4-7-22-6-3-5-21/h14-23,25-32H,3-13,24H2,1-2H3;11-20,22-28H,3-10,21H2,1-2H3/t14-,15-,16-,17+,18-,19-,20-,21-,22?,23-;11-,12-,13-,14+,15-,16-,17-,18-,19?,20-/m11/s1. The van der Waals surface area contributed by atoms with Crippen molar-refractivity contribution in [3.63, 3.8) is 0 Å². The van der Waals surface area contributed by atoms with Crippen LogP contribution in [0.15, 0.2) is 0 Å². The van der Waals surface area contributed by atoms with Crippen molar-refractivity contribution < 1.29 is 89.0 Å². The summed E-state index contributed by atoms with van der Waals surface area (Å²) in [5, 5.41) is 119. The first-order valence-electron chi connectivity index (χ1n) is 24.3. The highest BCUT2D eigenvalue weighted by molar-refractivity contribution is 4.97. The van der Waals surface area contributed by atoms with Gasteiger partial charge in [0.2, 0.25) is 0 Å². The Morgan fingerprint density at radius 3 is 1.01 bits per heavy atom. The molecule has 4 aliphatic rings. The van der Waals surface area contributed by atoms with E-state index in [-0.39, 0.29) is 0 Å². The SMILES string of the molecule is CO[C@H]1[C@H](O)[C@@H](O)[C@@H](OC2[C@@H](CO)O[C@H](C)[C@H](O)[C@H]2O)O[C@@H]1CNCCCNCCCN.CO[C@H]1[C@H](O)[C@@H](O)[C@@H](OC2[C@@H](CO)O[C@H](C)[C@H](O)[C@H]2O)O[C@@H]1CNCCCNCCCNCCCN. The Labute approximate surface area is 400 Å². The van der Waals surface area contributed by atoms with Crippen LogP contribution < -0.4 is 38.1 Å². The minimum Gasteiger partial charge on any atom is -0.394 e. The maximum atomic E-state index is 10.6. The molecule has 0 aliphatic carbocycles. The average molecular weight is 992 g/mol. The first-order chi connectivity index (χ1) is 32.7. The van der Waals surface area contributed by atoms with Crippen LogP contribution in [0.5, 0.6) is 0 Å². The van der Waals surface area contributed by atoms with E-state index in [2.05, 4.69) is 26.6 Å². The number of hydrogen-bond donors (Lipinski definition) is 17. The molecule has 0 aromatic rings. The molecule has 0 spiro atoms. The number of nitrogens with two attached hydrogens (primary N) is 2. The Bertz CT molecular complexity index is 1280. The van der Waals surface area contributed by atoms with E-state index in [0.717, 1.165) is 71.4 Å². The van der Waals surface area contributed by atoms with Gasteiger partial charge in [-0.15, -0.1) is 0 Å². The van der Waals surface area contributed by atoms with Crippen LogP contribution in [0.4, 0.5) is 0 Å². The molecule has 4 heterocycles. The van der Waals surface area contributed by atoms with Crippen molar-refractivity contribution in [3.8, 4) is 0 Å². The van der Waals surface area contributed by atoms with Crippen molar-refractivity contribution in [1.29, 1.82) is 0 Å². The Morgan fingerprint density at radius 2 is 0.706 bits per heavy atom. The van der Waals surface area contributed by atoms with Crippen LogP contribution in [-0.4, -0.2) is 279 Å². The number of methoxy groups -OCH3 is 2. The van der Waals surface area contributed by atoms with E-state index in [1.54, 1.807) is 13.8 Å². The fourth-order valence-electron chi connectivity index (χ4n) is 8.47. The maximum absolute atomic E-state index is 10.6. The van der Waals surface area contributed by atoms with Gasteiger partial charge in [0.25, 0.3) is 0 Å². The second-order valence-corrected chi connectivity index (χ2v) is 17.7. The fraction of sp³-hybridized carbons (Fsp3) is 1.00. The quantitative estimate of drug-likeness (QED) is 0.0297. The predicted octanol–water partition coefficient (Wildman–Crippen LogP) is -7.51. The summed E-state index contributed by atoms with van der Waals surface area (Å²) in [7, 11) is 2.84. The number of ether oxygens (including phenoxy) is 8. The van der Waals surface area contributed by atoms with Gasteiger partial charge >= 0.3 is 0 Å². The van der Waals surface area contributed by atoms with Crippen LogP contribution in [0.25, 0.3) is 0 Å². The number of hydrogen-bond acceptors (Lipinski definition) is 25. The number of aliphatic hydroxyl groups excluding tert-OH is 10. The molecule has 19 N–H and O–H groups in total. The molecule has 4 fully saturated rings. The normalized spacial score (nSPS) is 38.8. The summed E-state index contributed by atoms with van der Waals surface area (Å²) < 4.78 is 44.9. The molecule has 4 aliphatic heterocycles. The molecule has 20 atom stereocenters. The molecule has 404 valence electrons. The van der Waals surface area contributed by atoms with Gasteiger partial charge in [-0.25, -0.2) is 0 Å². The average Bonchev–Trinajstić information content (AvgIpc) is 3.33. The molecule has 0 aromatic carbocycles. The molecule has 68 heavy (non-hydrogen) atoms. The van der Waals surface area contributed by atoms with Crippen LogP contribution in [-0.2, 0) is 37.9 Å². The Kier molecular flexibility index (Phi) is 30.4. The fourth-order valence-corrected chi connectivity index (χ4v) is 8.47. The summed E-state index contributed by atoms with van der Waals surface area (Å²) in [6, 6.07) is 0. The molecular formula is C43H89N7O18. The topological polar surface area (TPSA) is 388 Å². The van der Waals surface area contributed by atoms with E-state index in [1.165, 1.54) is 14.2 Å². The molecule has 0 aromatic heterocycles. The molecule has 25 heteroatoms. The minimum absolute atomic E-state index is 0.331. The van der Waals surface area contributed by atoms with Crippen molar-refractivity contribution in [3.05, 3.63) is 0 Å². The van der Waals surface area contributed by atoms with Crippen LogP contribution in [0.3, 0.4) is 0 Å². The summed E-state index contributed by atoms with van der Waals surface area (Å²) in [6.45, 7) is 11.0. The second-order valence-electron chi connectivity index (χ2n) is 17.7. The van der Waals surface area contributed by atoms with Gasteiger partial charge in [-0.3, -0.25) is 0 Å². The monoisotopic (exact) mass is 992 g/mol. The van der Waals surface area contributed by atoms with Crippen molar-refractivity contribution in [1.82, 2.24) is 26.6 Å². The molecule has 0 radical (unpaired) electrons. The van der Waals surface area contributed by atoms with Gasteiger partial charge in [-0.05, 0) is 111 Å². The number of aliphatic hydroxyl groups is 10. The molecule has 0 bridgehead atoms. The van der Waals surface area contributed by atoms with Crippen LogP contribution in [0.2, 0.25) is 0 Å². The molecule has 25 nitrogen and oxygen atoms in total. The maximum Gasteiger partial charge on any atom is 0.187 e. The first-order valence-corrected chi connectivity index (χ1v) is 24.3. The largest absolute Gasteiger partial charge is 0.394 e. The zero-order valence-corrected chi connectivity index (χ0v) is 40.4. The van der Waals surface area contributed by atoms with E-state index in [0.29, 0.717) is 39.3 Å². The van der Waals surface area contributed by atoms with Crippen molar-refractivity contribution in [2.75, 3.05) is 106 Å².